The molecule has 0 radical (unpaired) electrons. The molecule has 1 unspecified atom stereocenters. The molecule has 2 aromatic rings. The Morgan fingerprint density at radius 3 is 2.57 bits per heavy atom. The maximum Gasteiger partial charge on any atom is 0.194 e. The van der Waals surface area contributed by atoms with Gasteiger partial charge in [-0.3, -0.25) is 4.79 Å². The molecule has 2 rings (SSSR count). The van der Waals surface area contributed by atoms with Gasteiger partial charge in [-0.1, -0.05) is 30.3 Å². The molecular formula is C17H18O4. The van der Waals surface area contributed by atoms with Crippen LogP contribution in [0.5, 0.6) is 11.5 Å². The number of aliphatic hydroxyl groups excluding tert-OH is 1. The highest BCUT2D eigenvalue weighted by molar-refractivity contribution is 5.76. The first-order valence-corrected chi connectivity index (χ1v) is 6.79. The number of ether oxygens (including phenoxy) is 2. The minimum absolute atomic E-state index is 0.364. The van der Waals surface area contributed by atoms with Crippen molar-refractivity contribution in [1.82, 2.24) is 0 Å². The van der Waals surface area contributed by atoms with E-state index in [0.717, 1.165) is 12.7 Å². The molecule has 0 aromatic heterocycles. The van der Waals surface area contributed by atoms with Gasteiger partial charge >= 0.3 is 0 Å². The average molecular weight is 286 g/mol. The number of benzene rings is 2. The molecule has 0 saturated heterocycles. The maximum atomic E-state index is 10.8. The van der Waals surface area contributed by atoms with Crippen LogP contribution in [-0.2, 0) is 6.42 Å². The van der Waals surface area contributed by atoms with Gasteiger partial charge in [0.2, 0.25) is 0 Å². The Morgan fingerprint density at radius 1 is 1.14 bits per heavy atom. The lowest BCUT2D eigenvalue weighted by Crippen LogP contribution is -2.11. The Kier molecular flexibility index (Phi) is 5.35. The fraction of sp³-hybridized carbons (Fsp3) is 0.235. The van der Waals surface area contributed by atoms with Gasteiger partial charge in [0, 0.05) is 12.0 Å². The predicted molar refractivity (Wildman–Crippen MR) is 79.8 cm³/mol. The zero-order valence-electron chi connectivity index (χ0n) is 11.9. The first-order chi connectivity index (χ1) is 10.2. The molecule has 21 heavy (non-hydrogen) atoms. The van der Waals surface area contributed by atoms with E-state index in [-0.39, 0.29) is 0 Å². The molecule has 4 heteroatoms. The van der Waals surface area contributed by atoms with Gasteiger partial charge in [0.1, 0.15) is 6.29 Å². The summed E-state index contributed by atoms with van der Waals surface area (Å²) in [5.74, 6) is 0.875. The Labute approximate surface area is 123 Å². The van der Waals surface area contributed by atoms with Crippen LogP contribution in [0.1, 0.15) is 22.8 Å². The van der Waals surface area contributed by atoms with Gasteiger partial charge in [0.05, 0.1) is 6.61 Å². The minimum atomic E-state index is -0.969. The third-order valence-electron chi connectivity index (χ3n) is 2.89. The summed E-state index contributed by atoms with van der Waals surface area (Å²) in [6.45, 7) is 1.99. The highest BCUT2D eigenvalue weighted by atomic mass is 16.6. The van der Waals surface area contributed by atoms with E-state index in [1.807, 2.05) is 30.3 Å². The van der Waals surface area contributed by atoms with E-state index in [1.54, 1.807) is 18.2 Å². The third-order valence-corrected chi connectivity index (χ3v) is 2.89. The molecular weight excluding hydrogens is 268 g/mol. The van der Waals surface area contributed by atoms with Crippen LogP contribution in [0.2, 0.25) is 0 Å². The number of rotatable bonds is 7. The summed E-state index contributed by atoms with van der Waals surface area (Å²) in [5.41, 5.74) is 1.65. The van der Waals surface area contributed by atoms with Crippen molar-refractivity contribution in [2.75, 3.05) is 6.61 Å². The van der Waals surface area contributed by atoms with Crippen LogP contribution in [0.3, 0.4) is 0 Å². The smallest absolute Gasteiger partial charge is 0.194 e. The van der Waals surface area contributed by atoms with Crippen molar-refractivity contribution in [3.8, 4) is 11.5 Å². The number of aliphatic hydroxyl groups is 1. The van der Waals surface area contributed by atoms with Gasteiger partial charge < -0.3 is 14.6 Å². The largest absolute Gasteiger partial charge is 0.489 e. The van der Waals surface area contributed by atoms with Crippen molar-refractivity contribution in [3.63, 3.8) is 0 Å². The topological polar surface area (TPSA) is 55.8 Å². The number of aldehydes is 1. The molecule has 0 saturated carbocycles. The zero-order chi connectivity index (χ0) is 15.1. The fourth-order valence-corrected chi connectivity index (χ4v) is 1.92. The highest BCUT2D eigenvalue weighted by Gasteiger charge is 2.09. The summed E-state index contributed by atoms with van der Waals surface area (Å²) in [4.78, 5) is 10.8. The van der Waals surface area contributed by atoms with Crippen LogP contribution in [0, 0.1) is 0 Å². The second-order valence-corrected chi connectivity index (χ2v) is 4.63. The van der Waals surface area contributed by atoms with Crippen molar-refractivity contribution in [2.24, 2.45) is 0 Å². The molecule has 0 aliphatic heterocycles. The molecule has 0 heterocycles. The molecule has 0 amide bonds. The highest BCUT2D eigenvalue weighted by Crippen LogP contribution is 2.28. The van der Waals surface area contributed by atoms with Crippen LogP contribution in [0.4, 0.5) is 0 Å². The summed E-state index contributed by atoms with van der Waals surface area (Å²) >= 11 is 0. The number of carbonyl (C=O) groups is 1. The number of hydrogen-bond donors (Lipinski definition) is 1. The predicted octanol–water partition coefficient (Wildman–Crippen LogP) is 2.84. The second kappa shape index (κ2) is 7.45. The normalized spacial score (nSPS) is 11.7. The van der Waals surface area contributed by atoms with Gasteiger partial charge in [0.25, 0.3) is 0 Å². The molecule has 1 atom stereocenters. The van der Waals surface area contributed by atoms with E-state index >= 15 is 0 Å². The van der Waals surface area contributed by atoms with Crippen molar-refractivity contribution >= 4 is 6.29 Å². The molecule has 0 aliphatic carbocycles. The summed E-state index contributed by atoms with van der Waals surface area (Å²) < 4.78 is 11.0. The Bertz CT molecular complexity index is 579. The lowest BCUT2D eigenvalue weighted by Gasteiger charge is -2.14. The van der Waals surface area contributed by atoms with Crippen LogP contribution in [-0.4, -0.2) is 24.3 Å². The van der Waals surface area contributed by atoms with Crippen LogP contribution >= 0.6 is 0 Å². The van der Waals surface area contributed by atoms with E-state index in [9.17, 15) is 9.90 Å². The van der Waals surface area contributed by atoms with E-state index < -0.39 is 6.29 Å². The van der Waals surface area contributed by atoms with Gasteiger partial charge in [-0.25, -0.2) is 0 Å². The Hall–Kier alpha value is -2.33. The first-order valence-electron chi connectivity index (χ1n) is 6.79. The molecule has 0 bridgehead atoms. The quantitative estimate of drug-likeness (QED) is 0.628. The van der Waals surface area contributed by atoms with Gasteiger partial charge in [-0.15, -0.1) is 0 Å². The Balaban J connectivity index is 2.02. The molecule has 0 aliphatic rings. The van der Waals surface area contributed by atoms with Crippen molar-refractivity contribution in [1.29, 1.82) is 0 Å². The standard InChI is InChI=1S/C17H18O4/c1-13(19)21-17-11-15(12-18)7-8-16(17)20-10-9-14-5-3-2-4-6-14/h2-8,11-13,19H,9-10H2,1H3. The molecule has 0 spiro atoms. The van der Waals surface area contributed by atoms with Gasteiger partial charge in [-0.05, 0) is 30.7 Å². The fourth-order valence-electron chi connectivity index (χ4n) is 1.92. The molecule has 1 N–H and O–H groups in total. The van der Waals surface area contributed by atoms with E-state index in [4.69, 9.17) is 9.47 Å². The third kappa shape index (κ3) is 4.61. The summed E-state index contributed by atoms with van der Waals surface area (Å²) in [5, 5.41) is 9.33. The van der Waals surface area contributed by atoms with E-state index in [1.165, 1.54) is 12.5 Å². The molecule has 0 fully saturated rings. The van der Waals surface area contributed by atoms with Crippen molar-refractivity contribution < 1.29 is 19.4 Å². The van der Waals surface area contributed by atoms with Crippen molar-refractivity contribution in [3.05, 3.63) is 59.7 Å². The SMILES string of the molecule is CC(O)Oc1cc(C=O)ccc1OCCc1ccccc1. The summed E-state index contributed by atoms with van der Waals surface area (Å²) in [6, 6.07) is 14.9. The number of carbonyl (C=O) groups excluding carboxylic acids is 1. The van der Waals surface area contributed by atoms with Crippen LogP contribution in [0.15, 0.2) is 48.5 Å². The summed E-state index contributed by atoms with van der Waals surface area (Å²) in [7, 11) is 0. The monoisotopic (exact) mass is 286 g/mol. The van der Waals surface area contributed by atoms with Crippen LogP contribution < -0.4 is 9.47 Å². The minimum Gasteiger partial charge on any atom is -0.489 e. The average Bonchev–Trinajstić information content (AvgIpc) is 2.49. The van der Waals surface area contributed by atoms with Crippen LogP contribution in [0.25, 0.3) is 0 Å². The zero-order valence-corrected chi connectivity index (χ0v) is 11.9. The first kappa shape index (κ1) is 15.1. The Morgan fingerprint density at radius 2 is 1.90 bits per heavy atom. The van der Waals surface area contributed by atoms with E-state index in [0.29, 0.717) is 23.7 Å². The van der Waals surface area contributed by atoms with Gasteiger partial charge in [-0.2, -0.15) is 0 Å². The van der Waals surface area contributed by atoms with Gasteiger partial charge in [0.15, 0.2) is 17.8 Å². The summed E-state index contributed by atoms with van der Waals surface area (Å²) in [6.07, 6.45) is 0.524. The maximum absolute atomic E-state index is 10.8. The lowest BCUT2D eigenvalue weighted by molar-refractivity contribution is -0.00251. The van der Waals surface area contributed by atoms with Crippen molar-refractivity contribution in [2.45, 2.75) is 19.6 Å². The second-order valence-electron chi connectivity index (χ2n) is 4.63. The van der Waals surface area contributed by atoms with E-state index in [2.05, 4.69) is 0 Å². The number of hydrogen-bond acceptors (Lipinski definition) is 4. The molecule has 110 valence electrons. The molecule has 4 nitrogen and oxygen atoms in total. The molecule has 2 aromatic carbocycles. The lowest BCUT2D eigenvalue weighted by atomic mass is 10.2.